The summed E-state index contributed by atoms with van der Waals surface area (Å²) in [5, 5.41) is 3.27. The molecule has 3 rings (SSSR count). The second kappa shape index (κ2) is 6.60. The SMILES string of the molecule is Br.NCCNc1c(C(N)=O)sc2c1CCc1ccccc1-2. The highest BCUT2D eigenvalue weighted by molar-refractivity contribution is 8.93. The van der Waals surface area contributed by atoms with Crippen LogP contribution in [0.1, 0.15) is 20.8 Å². The lowest BCUT2D eigenvalue weighted by molar-refractivity contribution is 0.100. The fourth-order valence-electron chi connectivity index (χ4n) is 2.70. The summed E-state index contributed by atoms with van der Waals surface area (Å²) < 4.78 is 0. The Morgan fingerprint density at radius 1 is 1.29 bits per heavy atom. The summed E-state index contributed by atoms with van der Waals surface area (Å²) in [6, 6.07) is 8.35. The molecule has 2 aromatic rings. The topological polar surface area (TPSA) is 81.1 Å². The summed E-state index contributed by atoms with van der Waals surface area (Å²) in [7, 11) is 0. The molecule has 0 bridgehead atoms. The molecule has 0 saturated heterocycles. The third-order valence-corrected chi connectivity index (χ3v) is 4.86. The number of benzene rings is 1. The Morgan fingerprint density at radius 3 is 2.76 bits per heavy atom. The van der Waals surface area contributed by atoms with E-state index in [1.54, 1.807) is 0 Å². The van der Waals surface area contributed by atoms with Crippen molar-refractivity contribution >= 4 is 39.9 Å². The number of aryl methyl sites for hydroxylation is 1. The molecule has 1 heterocycles. The molecule has 0 spiro atoms. The standard InChI is InChI=1S/C15H17N3OS.BrH/c16-7-8-18-12-11-6-5-9-3-1-2-4-10(9)13(11)20-14(12)15(17)19;/h1-4,18H,5-8,16H2,(H2,17,19);1H. The Kier molecular flexibility index (Phi) is 5.03. The van der Waals surface area contributed by atoms with E-state index in [1.165, 1.54) is 32.9 Å². The third kappa shape index (κ3) is 2.84. The molecule has 1 aliphatic rings. The maximum Gasteiger partial charge on any atom is 0.260 e. The van der Waals surface area contributed by atoms with Crippen LogP contribution >= 0.6 is 28.3 Å². The monoisotopic (exact) mass is 367 g/mol. The van der Waals surface area contributed by atoms with Gasteiger partial charge in [0.2, 0.25) is 0 Å². The molecule has 6 heteroatoms. The summed E-state index contributed by atoms with van der Waals surface area (Å²) in [5.41, 5.74) is 15.7. The number of hydrogen-bond donors (Lipinski definition) is 3. The molecule has 112 valence electrons. The number of nitrogens with one attached hydrogen (secondary N) is 1. The van der Waals surface area contributed by atoms with Crippen molar-refractivity contribution in [2.24, 2.45) is 11.5 Å². The average Bonchev–Trinajstić information content (AvgIpc) is 2.84. The van der Waals surface area contributed by atoms with Gasteiger partial charge in [0.05, 0.1) is 5.69 Å². The maximum absolute atomic E-state index is 11.7. The van der Waals surface area contributed by atoms with E-state index in [9.17, 15) is 4.79 Å². The molecule has 1 aromatic carbocycles. The minimum Gasteiger partial charge on any atom is -0.382 e. The van der Waals surface area contributed by atoms with E-state index in [1.807, 2.05) is 6.07 Å². The van der Waals surface area contributed by atoms with Crippen molar-refractivity contribution < 1.29 is 4.79 Å². The molecule has 0 fully saturated rings. The van der Waals surface area contributed by atoms with Crippen LogP contribution in [-0.4, -0.2) is 19.0 Å². The zero-order chi connectivity index (χ0) is 14.1. The molecule has 1 aliphatic carbocycles. The summed E-state index contributed by atoms with van der Waals surface area (Å²) in [4.78, 5) is 13.5. The molecular weight excluding hydrogens is 350 g/mol. The summed E-state index contributed by atoms with van der Waals surface area (Å²) in [5.74, 6) is -0.374. The van der Waals surface area contributed by atoms with Gasteiger partial charge in [0, 0.05) is 18.0 Å². The van der Waals surface area contributed by atoms with Gasteiger partial charge in [0.1, 0.15) is 4.88 Å². The van der Waals surface area contributed by atoms with Crippen LogP contribution in [0.25, 0.3) is 10.4 Å². The van der Waals surface area contributed by atoms with Crippen LogP contribution in [-0.2, 0) is 12.8 Å². The molecular formula is C15H18BrN3OS. The van der Waals surface area contributed by atoms with Crippen molar-refractivity contribution in [1.82, 2.24) is 0 Å². The molecule has 5 N–H and O–H groups in total. The molecule has 0 unspecified atom stereocenters. The summed E-state index contributed by atoms with van der Waals surface area (Å²) in [6.07, 6.45) is 1.93. The average molecular weight is 368 g/mol. The smallest absolute Gasteiger partial charge is 0.260 e. The Morgan fingerprint density at radius 2 is 2.05 bits per heavy atom. The van der Waals surface area contributed by atoms with E-state index >= 15 is 0 Å². The number of carbonyl (C=O) groups excluding carboxylic acids is 1. The lowest BCUT2D eigenvalue weighted by Crippen LogP contribution is -2.17. The van der Waals surface area contributed by atoms with Gasteiger partial charge in [-0.2, -0.15) is 0 Å². The van der Waals surface area contributed by atoms with Crippen molar-refractivity contribution in [3.05, 3.63) is 40.3 Å². The predicted molar refractivity (Wildman–Crippen MR) is 93.5 cm³/mol. The Bertz CT molecular complexity index is 669. The molecule has 0 radical (unpaired) electrons. The zero-order valence-corrected chi connectivity index (χ0v) is 14.0. The van der Waals surface area contributed by atoms with Gasteiger partial charge in [0.15, 0.2) is 0 Å². The Hall–Kier alpha value is -1.37. The van der Waals surface area contributed by atoms with Gasteiger partial charge in [-0.3, -0.25) is 4.79 Å². The van der Waals surface area contributed by atoms with Gasteiger partial charge < -0.3 is 16.8 Å². The Balaban J connectivity index is 0.00000161. The fraction of sp³-hybridized carbons (Fsp3) is 0.267. The van der Waals surface area contributed by atoms with E-state index in [4.69, 9.17) is 11.5 Å². The van der Waals surface area contributed by atoms with E-state index in [2.05, 4.69) is 23.5 Å². The molecule has 0 saturated carbocycles. The highest BCUT2D eigenvalue weighted by atomic mass is 79.9. The fourth-order valence-corrected chi connectivity index (χ4v) is 3.94. The van der Waals surface area contributed by atoms with Gasteiger partial charge in [-0.15, -0.1) is 28.3 Å². The number of anilines is 1. The van der Waals surface area contributed by atoms with Crippen LogP contribution in [0.4, 0.5) is 5.69 Å². The van der Waals surface area contributed by atoms with E-state index < -0.39 is 0 Å². The normalized spacial score (nSPS) is 12.0. The molecule has 4 nitrogen and oxygen atoms in total. The quantitative estimate of drug-likeness (QED) is 0.776. The van der Waals surface area contributed by atoms with Crippen LogP contribution in [0.15, 0.2) is 24.3 Å². The Labute approximate surface area is 138 Å². The first-order valence-corrected chi connectivity index (χ1v) is 7.51. The number of halogens is 1. The van der Waals surface area contributed by atoms with Gasteiger partial charge in [-0.1, -0.05) is 24.3 Å². The number of amides is 1. The molecule has 0 atom stereocenters. The highest BCUT2D eigenvalue weighted by Gasteiger charge is 2.26. The first-order chi connectivity index (χ1) is 9.72. The lowest BCUT2D eigenvalue weighted by Gasteiger charge is -2.17. The van der Waals surface area contributed by atoms with Crippen molar-refractivity contribution in [3.8, 4) is 10.4 Å². The van der Waals surface area contributed by atoms with Gasteiger partial charge in [0.25, 0.3) is 5.91 Å². The van der Waals surface area contributed by atoms with Crippen LogP contribution in [0.5, 0.6) is 0 Å². The van der Waals surface area contributed by atoms with Crippen LogP contribution < -0.4 is 16.8 Å². The summed E-state index contributed by atoms with van der Waals surface area (Å²) in [6.45, 7) is 1.17. The first kappa shape index (κ1) is 16.0. The number of primary amides is 1. The molecule has 21 heavy (non-hydrogen) atoms. The largest absolute Gasteiger partial charge is 0.382 e. The van der Waals surface area contributed by atoms with E-state index in [0.717, 1.165) is 18.5 Å². The number of hydrogen-bond acceptors (Lipinski definition) is 4. The van der Waals surface area contributed by atoms with E-state index in [0.29, 0.717) is 18.0 Å². The first-order valence-electron chi connectivity index (χ1n) is 6.70. The van der Waals surface area contributed by atoms with Crippen molar-refractivity contribution in [1.29, 1.82) is 0 Å². The second-order valence-electron chi connectivity index (χ2n) is 4.85. The van der Waals surface area contributed by atoms with Crippen LogP contribution in [0.2, 0.25) is 0 Å². The van der Waals surface area contributed by atoms with Crippen molar-refractivity contribution in [3.63, 3.8) is 0 Å². The minimum absolute atomic E-state index is 0. The van der Waals surface area contributed by atoms with E-state index in [-0.39, 0.29) is 22.9 Å². The maximum atomic E-state index is 11.7. The number of fused-ring (bicyclic) bond motifs is 3. The lowest BCUT2D eigenvalue weighted by atomic mass is 9.90. The van der Waals surface area contributed by atoms with Gasteiger partial charge >= 0.3 is 0 Å². The van der Waals surface area contributed by atoms with Crippen LogP contribution in [0.3, 0.4) is 0 Å². The van der Waals surface area contributed by atoms with Crippen LogP contribution in [0, 0.1) is 0 Å². The highest BCUT2D eigenvalue weighted by Crippen LogP contribution is 2.44. The third-order valence-electron chi connectivity index (χ3n) is 3.58. The van der Waals surface area contributed by atoms with Gasteiger partial charge in [-0.05, 0) is 29.5 Å². The van der Waals surface area contributed by atoms with Crippen molar-refractivity contribution in [2.45, 2.75) is 12.8 Å². The zero-order valence-electron chi connectivity index (χ0n) is 11.5. The predicted octanol–water partition coefficient (Wildman–Crippen LogP) is 2.56. The number of rotatable bonds is 4. The molecule has 0 aliphatic heterocycles. The second-order valence-corrected chi connectivity index (χ2v) is 5.87. The molecule has 1 aromatic heterocycles. The summed E-state index contributed by atoms with van der Waals surface area (Å²) >= 11 is 1.49. The number of nitrogens with two attached hydrogens (primary N) is 2. The minimum atomic E-state index is -0.374. The van der Waals surface area contributed by atoms with Crippen molar-refractivity contribution in [2.75, 3.05) is 18.4 Å². The van der Waals surface area contributed by atoms with Gasteiger partial charge in [-0.25, -0.2) is 0 Å². The number of thiophene rings is 1. The molecule has 1 amide bonds. The number of carbonyl (C=O) groups is 1.